The molecular weight excluding hydrogens is 204 g/mol. The number of aryl methyl sites for hydroxylation is 1. The maximum Gasteiger partial charge on any atom is 0.253 e. The third-order valence-electron chi connectivity index (χ3n) is 2.93. The molecule has 0 fully saturated rings. The first-order valence-corrected chi connectivity index (χ1v) is 5.06. The highest BCUT2D eigenvalue weighted by molar-refractivity contribution is 6.08. The predicted molar refractivity (Wildman–Crippen MR) is 62.7 cm³/mol. The van der Waals surface area contributed by atoms with Gasteiger partial charge in [0.25, 0.3) is 5.91 Å². The number of carbonyl (C=O) groups is 1. The van der Waals surface area contributed by atoms with Crippen molar-refractivity contribution in [2.75, 3.05) is 7.05 Å². The van der Waals surface area contributed by atoms with Crippen molar-refractivity contribution in [3.05, 3.63) is 29.5 Å². The Balaban J connectivity index is 2.85. The van der Waals surface area contributed by atoms with Crippen LogP contribution in [0.4, 0.5) is 0 Å². The van der Waals surface area contributed by atoms with E-state index in [0.717, 1.165) is 16.6 Å². The van der Waals surface area contributed by atoms with Gasteiger partial charge in [0.2, 0.25) is 0 Å². The summed E-state index contributed by atoms with van der Waals surface area (Å²) in [6.45, 7) is 1.89. The van der Waals surface area contributed by atoms with E-state index < -0.39 is 0 Å². The fraction of sp³-hybridized carbons (Fsp3) is 0.250. The molecule has 2 rings (SSSR count). The van der Waals surface area contributed by atoms with E-state index >= 15 is 0 Å². The van der Waals surface area contributed by atoms with Gasteiger partial charge in [-0.3, -0.25) is 4.79 Å². The summed E-state index contributed by atoms with van der Waals surface area (Å²) in [5, 5.41) is 12.9. The van der Waals surface area contributed by atoms with Crippen LogP contribution in [0.3, 0.4) is 0 Å². The Hall–Kier alpha value is -1.97. The minimum atomic E-state index is -0.131. The lowest BCUT2D eigenvalue weighted by atomic mass is 10.1. The Labute approximate surface area is 93.5 Å². The lowest BCUT2D eigenvalue weighted by Crippen LogP contribution is -2.18. The van der Waals surface area contributed by atoms with E-state index in [4.69, 9.17) is 0 Å². The van der Waals surface area contributed by atoms with Crippen molar-refractivity contribution in [3.8, 4) is 5.75 Å². The SMILES string of the molecule is CNC(=O)c1c(C)n(C)c2ccc(O)cc12. The topological polar surface area (TPSA) is 54.3 Å². The van der Waals surface area contributed by atoms with Gasteiger partial charge in [0.05, 0.1) is 5.56 Å². The summed E-state index contributed by atoms with van der Waals surface area (Å²) in [5.41, 5.74) is 2.45. The van der Waals surface area contributed by atoms with Gasteiger partial charge in [-0.25, -0.2) is 0 Å². The summed E-state index contributed by atoms with van der Waals surface area (Å²) in [6.07, 6.45) is 0. The molecule has 1 amide bonds. The lowest BCUT2D eigenvalue weighted by molar-refractivity contribution is 0.0964. The minimum absolute atomic E-state index is 0.131. The monoisotopic (exact) mass is 218 g/mol. The molecule has 0 bridgehead atoms. The van der Waals surface area contributed by atoms with Crippen LogP contribution in [-0.2, 0) is 7.05 Å². The molecule has 0 aliphatic carbocycles. The molecule has 4 heteroatoms. The first-order valence-electron chi connectivity index (χ1n) is 5.06. The average molecular weight is 218 g/mol. The number of aromatic nitrogens is 1. The summed E-state index contributed by atoms with van der Waals surface area (Å²) >= 11 is 0. The quantitative estimate of drug-likeness (QED) is 0.763. The number of carbonyl (C=O) groups excluding carboxylic acids is 1. The highest BCUT2D eigenvalue weighted by Crippen LogP contribution is 2.27. The van der Waals surface area contributed by atoms with Crippen molar-refractivity contribution < 1.29 is 9.90 Å². The molecule has 84 valence electrons. The molecular formula is C12H14N2O2. The van der Waals surface area contributed by atoms with E-state index in [1.807, 2.05) is 24.6 Å². The largest absolute Gasteiger partial charge is 0.508 e. The number of rotatable bonds is 1. The van der Waals surface area contributed by atoms with Crippen LogP contribution < -0.4 is 5.32 Å². The van der Waals surface area contributed by atoms with Crippen molar-refractivity contribution in [1.29, 1.82) is 0 Å². The number of amides is 1. The molecule has 0 unspecified atom stereocenters. The Kier molecular flexibility index (Phi) is 2.34. The fourth-order valence-corrected chi connectivity index (χ4v) is 1.97. The van der Waals surface area contributed by atoms with Gasteiger partial charge in [0.1, 0.15) is 5.75 Å². The van der Waals surface area contributed by atoms with Crippen LogP contribution in [0.5, 0.6) is 5.75 Å². The van der Waals surface area contributed by atoms with Crippen molar-refractivity contribution >= 4 is 16.8 Å². The van der Waals surface area contributed by atoms with E-state index in [9.17, 15) is 9.90 Å². The van der Waals surface area contributed by atoms with Gasteiger partial charge in [-0.15, -0.1) is 0 Å². The number of phenols is 1. The Morgan fingerprint density at radius 3 is 2.75 bits per heavy atom. The van der Waals surface area contributed by atoms with E-state index in [1.54, 1.807) is 19.2 Å². The first kappa shape index (κ1) is 10.5. The van der Waals surface area contributed by atoms with Gasteiger partial charge in [0, 0.05) is 30.7 Å². The number of benzene rings is 1. The van der Waals surface area contributed by atoms with Crippen LogP contribution in [0.1, 0.15) is 16.1 Å². The molecule has 0 spiro atoms. The molecule has 1 aromatic carbocycles. The summed E-state index contributed by atoms with van der Waals surface area (Å²) in [5.74, 6) is 0.0388. The molecule has 0 aliphatic rings. The highest BCUT2D eigenvalue weighted by Gasteiger charge is 2.17. The number of nitrogens with zero attached hydrogens (tertiary/aromatic N) is 1. The van der Waals surface area contributed by atoms with Gasteiger partial charge in [-0.1, -0.05) is 0 Å². The molecule has 16 heavy (non-hydrogen) atoms. The predicted octanol–water partition coefficient (Wildman–Crippen LogP) is 1.55. The number of nitrogens with one attached hydrogen (secondary N) is 1. The maximum atomic E-state index is 11.8. The number of hydrogen-bond acceptors (Lipinski definition) is 2. The first-order chi connectivity index (χ1) is 7.56. The zero-order chi connectivity index (χ0) is 11.9. The van der Waals surface area contributed by atoms with Gasteiger partial charge in [0.15, 0.2) is 0 Å². The molecule has 0 radical (unpaired) electrons. The van der Waals surface area contributed by atoms with Gasteiger partial charge in [-0.2, -0.15) is 0 Å². The highest BCUT2D eigenvalue weighted by atomic mass is 16.3. The summed E-state index contributed by atoms with van der Waals surface area (Å²) in [6, 6.07) is 5.05. The van der Waals surface area contributed by atoms with Crippen LogP contribution in [0.25, 0.3) is 10.9 Å². The normalized spacial score (nSPS) is 10.7. The molecule has 4 nitrogen and oxygen atoms in total. The second kappa shape index (κ2) is 3.56. The minimum Gasteiger partial charge on any atom is -0.508 e. The van der Waals surface area contributed by atoms with Crippen LogP contribution in [0, 0.1) is 6.92 Å². The molecule has 1 heterocycles. The Morgan fingerprint density at radius 2 is 2.12 bits per heavy atom. The zero-order valence-corrected chi connectivity index (χ0v) is 9.53. The Bertz CT molecular complexity index is 570. The number of fused-ring (bicyclic) bond motifs is 1. The second-order valence-corrected chi connectivity index (χ2v) is 3.80. The molecule has 1 aromatic heterocycles. The molecule has 0 aliphatic heterocycles. The second-order valence-electron chi connectivity index (χ2n) is 3.80. The number of phenolic OH excluding ortho intramolecular Hbond substituents is 1. The van der Waals surface area contributed by atoms with E-state index in [2.05, 4.69) is 5.32 Å². The van der Waals surface area contributed by atoms with Crippen LogP contribution in [0.2, 0.25) is 0 Å². The van der Waals surface area contributed by atoms with Crippen molar-refractivity contribution in [2.45, 2.75) is 6.92 Å². The third-order valence-corrected chi connectivity index (χ3v) is 2.93. The third kappa shape index (κ3) is 1.34. The summed E-state index contributed by atoms with van der Waals surface area (Å²) in [4.78, 5) is 11.8. The zero-order valence-electron chi connectivity index (χ0n) is 9.53. The molecule has 0 saturated carbocycles. The van der Waals surface area contributed by atoms with Crippen LogP contribution in [-0.4, -0.2) is 22.6 Å². The van der Waals surface area contributed by atoms with Crippen LogP contribution >= 0.6 is 0 Å². The van der Waals surface area contributed by atoms with Crippen LogP contribution in [0.15, 0.2) is 18.2 Å². The van der Waals surface area contributed by atoms with E-state index in [1.165, 1.54) is 0 Å². The average Bonchev–Trinajstić information content (AvgIpc) is 2.51. The molecule has 0 atom stereocenters. The van der Waals surface area contributed by atoms with Gasteiger partial charge in [-0.05, 0) is 25.1 Å². The van der Waals surface area contributed by atoms with Gasteiger partial charge < -0.3 is 15.0 Å². The van der Waals surface area contributed by atoms with Crippen molar-refractivity contribution in [3.63, 3.8) is 0 Å². The number of hydrogen-bond donors (Lipinski definition) is 2. The Morgan fingerprint density at radius 1 is 1.44 bits per heavy atom. The lowest BCUT2D eigenvalue weighted by Gasteiger charge is -2.00. The maximum absolute atomic E-state index is 11.8. The summed E-state index contributed by atoms with van der Waals surface area (Å²) in [7, 11) is 3.50. The molecule has 2 aromatic rings. The smallest absolute Gasteiger partial charge is 0.253 e. The van der Waals surface area contributed by atoms with E-state index in [-0.39, 0.29) is 11.7 Å². The molecule has 0 saturated heterocycles. The standard InChI is InChI=1S/C12H14N2O2/c1-7-11(12(16)13-2)9-6-8(15)4-5-10(9)14(7)3/h4-6,15H,1-3H3,(H,13,16). The van der Waals surface area contributed by atoms with E-state index in [0.29, 0.717) is 5.56 Å². The van der Waals surface area contributed by atoms with Crippen molar-refractivity contribution in [2.24, 2.45) is 7.05 Å². The number of aromatic hydroxyl groups is 1. The van der Waals surface area contributed by atoms with Gasteiger partial charge >= 0.3 is 0 Å². The fourth-order valence-electron chi connectivity index (χ4n) is 1.97. The summed E-state index contributed by atoms with van der Waals surface area (Å²) < 4.78 is 1.94. The molecule has 2 N–H and O–H groups in total. The van der Waals surface area contributed by atoms with Crippen molar-refractivity contribution in [1.82, 2.24) is 9.88 Å².